The zero-order chi connectivity index (χ0) is 10.0. The Morgan fingerprint density at radius 3 is 2.62 bits per heavy atom. The summed E-state index contributed by atoms with van der Waals surface area (Å²) in [6, 6.07) is 5.00. The fourth-order valence-corrected chi connectivity index (χ4v) is 1.81. The Labute approximate surface area is 83.7 Å². The van der Waals surface area contributed by atoms with Crippen LogP contribution in [-0.2, 0) is 0 Å². The number of benzene rings is 1. The number of hydrogen-bond donors (Lipinski definition) is 1. The normalized spacial score (nSPS) is 9.31. The molecule has 0 aliphatic carbocycles. The van der Waals surface area contributed by atoms with Crippen LogP contribution in [-0.4, -0.2) is 11.1 Å². The predicted molar refractivity (Wildman–Crippen MR) is 50.6 cm³/mol. The average Bonchev–Trinajstić information content (AvgIpc) is 2.02. The van der Waals surface area contributed by atoms with E-state index in [-0.39, 0.29) is 5.56 Å². The van der Waals surface area contributed by atoms with Gasteiger partial charge in [-0.1, -0.05) is 0 Å². The van der Waals surface area contributed by atoms with Crippen molar-refractivity contribution in [3.05, 3.63) is 33.3 Å². The minimum absolute atomic E-state index is 0.207. The molecule has 1 aromatic carbocycles. The highest BCUT2D eigenvalue weighted by molar-refractivity contribution is 9.10. The summed E-state index contributed by atoms with van der Waals surface area (Å²) in [7, 11) is 0. The predicted octanol–water partition coefficient (Wildman–Crippen LogP) is 2.33. The van der Waals surface area contributed by atoms with Crippen LogP contribution in [0.4, 0.5) is 0 Å². The van der Waals surface area contributed by atoms with Crippen molar-refractivity contribution in [2.45, 2.75) is 6.92 Å². The summed E-state index contributed by atoms with van der Waals surface area (Å²) in [5.74, 6) is -0.992. The average molecular weight is 240 g/mol. The molecule has 0 saturated carbocycles. The number of nitrogens with zero attached hydrogens (tertiary/aromatic N) is 1. The van der Waals surface area contributed by atoms with Crippen molar-refractivity contribution in [1.82, 2.24) is 0 Å². The van der Waals surface area contributed by atoms with Crippen LogP contribution in [0.15, 0.2) is 16.6 Å². The Bertz CT molecular complexity index is 384. The van der Waals surface area contributed by atoms with Crippen LogP contribution in [0.2, 0.25) is 0 Å². The zero-order valence-electron chi connectivity index (χ0n) is 6.84. The van der Waals surface area contributed by atoms with Gasteiger partial charge in [-0.15, -0.1) is 0 Å². The lowest BCUT2D eigenvalue weighted by Gasteiger charge is -2.03. The van der Waals surface area contributed by atoms with Gasteiger partial charge in [0.25, 0.3) is 0 Å². The summed E-state index contributed by atoms with van der Waals surface area (Å²) >= 11 is 3.11. The standard InChI is InChI=1S/C9H6BrNO2/c1-5-2-6(4-11)3-7(10)8(5)9(12)13/h2-3H,1H3,(H,12,13). The maximum Gasteiger partial charge on any atom is 0.337 e. The SMILES string of the molecule is Cc1cc(C#N)cc(Br)c1C(=O)O. The molecule has 0 unspecified atom stereocenters. The Morgan fingerprint density at radius 1 is 1.62 bits per heavy atom. The number of rotatable bonds is 1. The van der Waals surface area contributed by atoms with E-state index in [1.165, 1.54) is 6.07 Å². The molecule has 0 aliphatic rings. The molecule has 13 heavy (non-hydrogen) atoms. The Balaban J connectivity index is 3.42. The second-order valence-electron chi connectivity index (χ2n) is 2.57. The van der Waals surface area contributed by atoms with Gasteiger partial charge in [-0.25, -0.2) is 4.79 Å². The maximum absolute atomic E-state index is 10.7. The zero-order valence-corrected chi connectivity index (χ0v) is 8.42. The van der Waals surface area contributed by atoms with E-state index in [0.29, 0.717) is 15.6 Å². The Kier molecular flexibility index (Phi) is 2.69. The molecule has 0 fully saturated rings. The summed E-state index contributed by atoms with van der Waals surface area (Å²) in [6.07, 6.45) is 0. The number of halogens is 1. The molecule has 3 nitrogen and oxygen atoms in total. The smallest absolute Gasteiger partial charge is 0.337 e. The van der Waals surface area contributed by atoms with Gasteiger partial charge in [-0.05, 0) is 40.5 Å². The van der Waals surface area contributed by atoms with Gasteiger partial charge in [-0.2, -0.15) is 5.26 Å². The number of aromatic carboxylic acids is 1. The monoisotopic (exact) mass is 239 g/mol. The molecule has 0 saturated heterocycles. The van der Waals surface area contributed by atoms with Crippen LogP contribution >= 0.6 is 15.9 Å². The molecule has 0 aliphatic heterocycles. The summed E-state index contributed by atoms with van der Waals surface area (Å²) in [6.45, 7) is 1.66. The van der Waals surface area contributed by atoms with Gasteiger partial charge in [0.2, 0.25) is 0 Å². The molecule has 0 atom stereocenters. The van der Waals surface area contributed by atoms with Crippen LogP contribution in [0.3, 0.4) is 0 Å². The van der Waals surface area contributed by atoms with Gasteiger partial charge in [0.05, 0.1) is 17.2 Å². The van der Waals surface area contributed by atoms with Gasteiger partial charge in [0.15, 0.2) is 0 Å². The van der Waals surface area contributed by atoms with Crippen molar-refractivity contribution in [1.29, 1.82) is 5.26 Å². The maximum atomic E-state index is 10.7. The van der Waals surface area contributed by atoms with E-state index in [9.17, 15) is 4.79 Å². The molecule has 0 heterocycles. The second-order valence-corrected chi connectivity index (χ2v) is 3.42. The molecular formula is C9H6BrNO2. The molecular weight excluding hydrogens is 234 g/mol. The first-order valence-corrected chi connectivity index (χ1v) is 4.29. The molecule has 4 heteroatoms. The van der Waals surface area contributed by atoms with Crippen molar-refractivity contribution in [2.75, 3.05) is 0 Å². The first kappa shape index (κ1) is 9.75. The molecule has 1 rings (SSSR count). The summed E-state index contributed by atoms with van der Waals surface area (Å²) in [5.41, 5.74) is 1.24. The van der Waals surface area contributed by atoms with Crippen LogP contribution in [0.5, 0.6) is 0 Å². The third kappa shape index (κ3) is 1.87. The number of carboxylic acid groups (broad SMARTS) is 1. The molecule has 0 bridgehead atoms. The fourth-order valence-electron chi connectivity index (χ4n) is 1.08. The third-order valence-corrected chi connectivity index (χ3v) is 2.26. The lowest BCUT2D eigenvalue weighted by Crippen LogP contribution is -2.01. The molecule has 0 radical (unpaired) electrons. The quantitative estimate of drug-likeness (QED) is 0.819. The third-order valence-electron chi connectivity index (χ3n) is 1.63. The lowest BCUT2D eigenvalue weighted by molar-refractivity contribution is 0.0695. The minimum atomic E-state index is -0.992. The van der Waals surface area contributed by atoms with E-state index >= 15 is 0 Å². The first-order chi connectivity index (χ1) is 6.06. The summed E-state index contributed by atoms with van der Waals surface area (Å²) in [5, 5.41) is 17.4. The van der Waals surface area contributed by atoms with Crippen LogP contribution < -0.4 is 0 Å². The highest BCUT2D eigenvalue weighted by atomic mass is 79.9. The van der Waals surface area contributed by atoms with Crippen LogP contribution in [0.1, 0.15) is 21.5 Å². The van der Waals surface area contributed by atoms with E-state index in [4.69, 9.17) is 10.4 Å². The van der Waals surface area contributed by atoms with Crippen molar-refractivity contribution >= 4 is 21.9 Å². The van der Waals surface area contributed by atoms with E-state index in [2.05, 4.69) is 15.9 Å². The van der Waals surface area contributed by atoms with E-state index in [1.54, 1.807) is 13.0 Å². The molecule has 1 N–H and O–H groups in total. The summed E-state index contributed by atoms with van der Waals surface area (Å²) in [4.78, 5) is 10.7. The van der Waals surface area contributed by atoms with Gasteiger partial charge < -0.3 is 5.11 Å². The fraction of sp³-hybridized carbons (Fsp3) is 0.111. The largest absolute Gasteiger partial charge is 0.478 e. The Morgan fingerprint density at radius 2 is 2.23 bits per heavy atom. The van der Waals surface area contributed by atoms with Gasteiger partial charge in [0.1, 0.15) is 0 Å². The van der Waals surface area contributed by atoms with E-state index < -0.39 is 5.97 Å². The van der Waals surface area contributed by atoms with Gasteiger partial charge in [-0.3, -0.25) is 0 Å². The minimum Gasteiger partial charge on any atom is -0.478 e. The number of nitriles is 1. The molecule has 66 valence electrons. The molecule has 1 aromatic rings. The topological polar surface area (TPSA) is 61.1 Å². The van der Waals surface area contributed by atoms with Crippen LogP contribution in [0.25, 0.3) is 0 Å². The van der Waals surface area contributed by atoms with E-state index in [0.717, 1.165) is 0 Å². The van der Waals surface area contributed by atoms with Crippen molar-refractivity contribution in [3.8, 4) is 6.07 Å². The molecule has 0 spiro atoms. The number of aryl methyl sites for hydroxylation is 1. The van der Waals surface area contributed by atoms with Gasteiger partial charge >= 0.3 is 5.97 Å². The molecule has 0 amide bonds. The lowest BCUT2D eigenvalue weighted by atomic mass is 10.1. The van der Waals surface area contributed by atoms with Crippen molar-refractivity contribution in [3.63, 3.8) is 0 Å². The Hall–Kier alpha value is -1.34. The van der Waals surface area contributed by atoms with Crippen LogP contribution in [0, 0.1) is 18.3 Å². The number of carboxylic acids is 1. The molecule has 0 aromatic heterocycles. The highest BCUT2D eigenvalue weighted by Crippen LogP contribution is 2.22. The van der Waals surface area contributed by atoms with Crippen molar-refractivity contribution in [2.24, 2.45) is 0 Å². The second kappa shape index (κ2) is 3.58. The van der Waals surface area contributed by atoms with E-state index in [1.807, 2.05) is 6.07 Å². The number of carbonyl (C=O) groups is 1. The summed E-state index contributed by atoms with van der Waals surface area (Å²) < 4.78 is 0.441. The van der Waals surface area contributed by atoms with Crippen molar-refractivity contribution < 1.29 is 9.90 Å². The first-order valence-electron chi connectivity index (χ1n) is 3.50. The van der Waals surface area contributed by atoms with Gasteiger partial charge in [0, 0.05) is 4.47 Å². The number of hydrogen-bond acceptors (Lipinski definition) is 2. The highest BCUT2D eigenvalue weighted by Gasteiger charge is 2.12.